The minimum atomic E-state index is -3.44. The molecule has 2 heterocycles. The molecule has 114 valence electrons. The predicted octanol–water partition coefficient (Wildman–Crippen LogP) is -0.172. The summed E-state index contributed by atoms with van der Waals surface area (Å²) in [7, 11) is 0.223. The molecule has 1 atom stereocenters. The number of piperidine rings is 1. The highest BCUT2D eigenvalue weighted by molar-refractivity contribution is 7.87. The van der Waals surface area contributed by atoms with Gasteiger partial charge in [0.25, 0.3) is 10.2 Å². The number of hydrogen-bond donors (Lipinski definition) is 2. The van der Waals surface area contributed by atoms with E-state index in [1.54, 1.807) is 15.2 Å². The molecule has 1 aliphatic heterocycles. The fraction of sp³-hybridized carbons (Fsp3) is 0.750. The van der Waals surface area contributed by atoms with E-state index in [1.807, 2.05) is 20.3 Å². The van der Waals surface area contributed by atoms with Crippen LogP contribution in [-0.2, 0) is 23.8 Å². The van der Waals surface area contributed by atoms with Crippen LogP contribution in [0.25, 0.3) is 0 Å². The highest BCUT2D eigenvalue weighted by Crippen LogP contribution is 2.19. The van der Waals surface area contributed by atoms with Crippen molar-refractivity contribution in [1.82, 2.24) is 24.1 Å². The number of rotatable bonds is 6. The van der Waals surface area contributed by atoms with Crippen molar-refractivity contribution >= 4 is 10.2 Å². The maximum atomic E-state index is 12.4. The second-order valence-electron chi connectivity index (χ2n) is 5.17. The molecule has 1 aromatic rings. The monoisotopic (exact) mass is 301 g/mol. The SMILES string of the molecule is CNCC1CCCCN1S(=O)(=O)NCc1cnn(C)c1. The zero-order chi connectivity index (χ0) is 14.6. The Morgan fingerprint density at radius 1 is 1.45 bits per heavy atom. The van der Waals surface area contributed by atoms with Crippen molar-refractivity contribution in [3.05, 3.63) is 18.0 Å². The lowest BCUT2D eigenvalue weighted by atomic mass is 10.1. The van der Waals surface area contributed by atoms with Crippen LogP contribution in [0.3, 0.4) is 0 Å². The van der Waals surface area contributed by atoms with Gasteiger partial charge in [0.15, 0.2) is 0 Å². The molecule has 1 aliphatic rings. The molecule has 1 aromatic heterocycles. The Bertz CT molecular complexity index is 526. The Kier molecular flexibility index (Phi) is 5.14. The van der Waals surface area contributed by atoms with E-state index in [1.165, 1.54) is 0 Å². The van der Waals surface area contributed by atoms with Crippen molar-refractivity contribution in [2.24, 2.45) is 7.05 Å². The summed E-state index contributed by atoms with van der Waals surface area (Å²) in [4.78, 5) is 0. The molecule has 7 nitrogen and oxygen atoms in total. The summed E-state index contributed by atoms with van der Waals surface area (Å²) in [6, 6.07) is 0.0418. The fourth-order valence-corrected chi connectivity index (χ4v) is 4.01. The van der Waals surface area contributed by atoms with Gasteiger partial charge in [-0.05, 0) is 19.9 Å². The van der Waals surface area contributed by atoms with E-state index in [-0.39, 0.29) is 12.6 Å². The molecule has 8 heteroatoms. The van der Waals surface area contributed by atoms with Gasteiger partial charge in [-0.15, -0.1) is 0 Å². The van der Waals surface area contributed by atoms with Gasteiger partial charge < -0.3 is 5.32 Å². The Labute approximate surface area is 120 Å². The number of aryl methyl sites for hydroxylation is 1. The lowest BCUT2D eigenvalue weighted by Gasteiger charge is -2.34. The third-order valence-corrected chi connectivity index (χ3v) is 5.15. The Morgan fingerprint density at radius 3 is 2.90 bits per heavy atom. The summed E-state index contributed by atoms with van der Waals surface area (Å²) in [5.74, 6) is 0. The van der Waals surface area contributed by atoms with Crippen molar-refractivity contribution in [1.29, 1.82) is 0 Å². The lowest BCUT2D eigenvalue weighted by molar-refractivity contribution is 0.246. The van der Waals surface area contributed by atoms with E-state index in [2.05, 4.69) is 15.1 Å². The first-order chi connectivity index (χ1) is 9.53. The van der Waals surface area contributed by atoms with E-state index in [9.17, 15) is 8.42 Å². The molecule has 1 unspecified atom stereocenters. The molecule has 0 saturated carbocycles. The molecule has 20 heavy (non-hydrogen) atoms. The minimum Gasteiger partial charge on any atom is -0.318 e. The second-order valence-corrected chi connectivity index (χ2v) is 6.87. The van der Waals surface area contributed by atoms with Gasteiger partial charge in [-0.3, -0.25) is 4.68 Å². The number of nitrogens with zero attached hydrogens (tertiary/aromatic N) is 3. The standard InChI is InChI=1S/C12H23N5O2S/c1-13-9-12-5-3-4-6-17(12)20(18,19)15-8-11-7-14-16(2)10-11/h7,10,12-13,15H,3-6,8-9H2,1-2H3. The smallest absolute Gasteiger partial charge is 0.280 e. The average molecular weight is 301 g/mol. The zero-order valence-electron chi connectivity index (χ0n) is 12.0. The minimum absolute atomic E-state index is 0.0418. The highest BCUT2D eigenvalue weighted by Gasteiger charge is 2.31. The Balaban J connectivity index is 2.00. The fourth-order valence-electron chi connectivity index (χ4n) is 2.55. The second kappa shape index (κ2) is 6.66. The first-order valence-electron chi connectivity index (χ1n) is 6.91. The van der Waals surface area contributed by atoms with Gasteiger partial charge in [0.05, 0.1) is 6.20 Å². The topological polar surface area (TPSA) is 79.3 Å². The van der Waals surface area contributed by atoms with Crippen molar-refractivity contribution in [2.45, 2.75) is 31.8 Å². The first kappa shape index (κ1) is 15.4. The third kappa shape index (κ3) is 3.78. The van der Waals surface area contributed by atoms with E-state index in [0.29, 0.717) is 13.1 Å². The number of nitrogens with one attached hydrogen (secondary N) is 2. The maximum Gasteiger partial charge on any atom is 0.280 e. The third-order valence-electron chi connectivity index (χ3n) is 3.54. The van der Waals surface area contributed by atoms with Crippen LogP contribution in [0, 0.1) is 0 Å². The van der Waals surface area contributed by atoms with E-state index < -0.39 is 10.2 Å². The first-order valence-corrected chi connectivity index (χ1v) is 8.35. The highest BCUT2D eigenvalue weighted by atomic mass is 32.2. The molecule has 1 saturated heterocycles. The molecular weight excluding hydrogens is 278 g/mol. The summed E-state index contributed by atoms with van der Waals surface area (Å²) in [6.45, 7) is 1.56. The van der Waals surface area contributed by atoms with Crippen LogP contribution in [0.2, 0.25) is 0 Å². The summed E-state index contributed by atoms with van der Waals surface area (Å²) in [5, 5.41) is 7.10. The molecule has 2 N–H and O–H groups in total. The molecule has 0 aliphatic carbocycles. The lowest BCUT2D eigenvalue weighted by Crippen LogP contribution is -2.51. The van der Waals surface area contributed by atoms with Gasteiger partial charge >= 0.3 is 0 Å². The average Bonchev–Trinajstić information content (AvgIpc) is 2.83. The molecular formula is C12H23N5O2S. The van der Waals surface area contributed by atoms with Gasteiger partial charge in [-0.25, -0.2) is 0 Å². The van der Waals surface area contributed by atoms with Gasteiger partial charge in [-0.1, -0.05) is 6.42 Å². The molecule has 0 bridgehead atoms. The number of aromatic nitrogens is 2. The Morgan fingerprint density at radius 2 is 2.25 bits per heavy atom. The molecule has 2 rings (SSSR count). The molecule has 0 radical (unpaired) electrons. The summed E-state index contributed by atoms with van der Waals surface area (Å²) < 4.78 is 30.7. The van der Waals surface area contributed by atoms with Crippen LogP contribution >= 0.6 is 0 Å². The normalized spacial score (nSPS) is 21.2. The van der Waals surface area contributed by atoms with Crippen LogP contribution in [0.5, 0.6) is 0 Å². The van der Waals surface area contributed by atoms with Crippen molar-refractivity contribution in [3.63, 3.8) is 0 Å². The van der Waals surface area contributed by atoms with Crippen LogP contribution in [0.15, 0.2) is 12.4 Å². The van der Waals surface area contributed by atoms with Gasteiger partial charge in [-0.2, -0.15) is 22.5 Å². The summed E-state index contributed by atoms with van der Waals surface area (Å²) in [6.07, 6.45) is 6.40. The molecule has 1 fully saturated rings. The van der Waals surface area contributed by atoms with Crippen molar-refractivity contribution in [2.75, 3.05) is 20.1 Å². The van der Waals surface area contributed by atoms with E-state index >= 15 is 0 Å². The number of likely N-dealkylation sites (N-methyl/N-ethyl adjacent to an activating group) is 1. The summed E-state index contributed by atoms with van der Waals surface area (Å²) >= 11 is 0. The van der Waals surface area contributed by atoms with Gasteiger partial charge in [0, 0.05) is 44.5 Å². The van der Waals surface area contributed by atoms with Crippen LogP contribution in [0.1, 0.15) is 24.8 Å². The van der Waals surface area contributed by atoms with E-state index in [4.69, 9.17) is 0 Å². The largest absolute Gasteiger partial charge is 0.318 e. The predicted molar refractivity (Wildman–Crippen MR) is 77.2 cm³/mol. The Hall–Kier alpha value is -0.960. The molecule has 0 aromatic carbocycles. The van der Waals surface area contributed by atoms with E-state index in [0.717, 1.165) is 24.8 Å². The van der Waals surface area contributed by atoms with Gasteiger partial charge in [0.2, 0.25) is 0 Å². The summed E-state index contributed by atoms with van der Waals surface area (Å²) in [5.41, 5.74) is 0.859. The van der Waals surface area contributed by atoms with Crippen LogP contribution < -0.4 is 10.0 Å². The zero-order valence-corrected chi connectivity index (χ0v) is 12.9. The van der Waals surface area contributed by atoms with Crippen LogP contribution in [0.4, 0.5) is 0 Å². The van der Waals surface area contributed by atoms with Gasteiger partial charge in [0.1, 0.15) is 0 Å². The maximum absolute atomic E-state index is 12.4. The quantitative estimate of drug-likeness (QED) is 0.764. The van der Waals surface area contributed by atoms with Crippen LogP contribution in [-0.4, -0.2) is 48.7 Å². The van der Waals surface area contributed by atoms with Crippen molar-refractivity contribution in [3.8, 4) is 0 Å². The molecule has 0 spiro atoms. The molecule has 0 amide bonds. The number of hydrogen-bond acceptors (Lipinski definition) is 4. The van der Waals surface area contributed by atoms with Crippen molar-refractivity contribution < 1.29 is 8.42 Å².